The molecule has 1 aromatic heterocycles. The minimum atomic E-state index is -4.41. The summed E-state index contributed by atoms with van der Waals surface area (Å²) in [5, 5.41) is 0. The van der Waals surface area contributed by atoms with E-state index in [1.165, 1.54) is 6.07 Å². The molecule has 4 aliphatic rings. The number of ether oxygens (including phenoxy) is 3. The van der Waals surface area contributed by atoms with E-state index >= 15 is 0 Å². The summed E-state index contributed by atoms with van der Waals surface area (Å²) in [4.78, 5) is 18.1. The second-order valence-corrected chi connectivity index (χ2v) is 14.2. The fourth-order valence-corrected chi connectivity index (χ4v) is 11.7. The molecule has 2 atom stereocenters. The molecule has 1 amide bonds. The first-order chi connectivity index (χ1) is 16.3. The van der Waals surface area contributed by atoms with Crippen molar-refractivity contribution < 1.29 is 32.2 Å². The molecule has 34 heavy (non-hydrogen) atoms. The van der Waals surface area contributed by atoms with Gasteiger partial charge in [0.1, 0.15) is 0 Å². The van der Waals surface area contributed by atoms with Gasteiger partial charge in [0.05, 0.1) is 0 Å². The van der Waals surface area contributed by atoms with Gasteiger partial charge in [0.15, 0.2) is 0 Å². The van der Waals surface area contributed by atoms with Crippen LogP contribution in [0.4, 0.5) is 19.0 Å². The molecule has 0 aliphatic carbocycles. The van der Waals surface area contributed by atoms with Gasteiger partial charge in [-0.15, -0.1) is 0 Å². The summed E-state index contributed by atoms with van der Waals surface area (Å²) in [6.07, 6.45) is -3.10. The summed E-state index contributed by atoms with van der Waals surface area (Å²) in [5.41, 5.74) is 9.78. The van der Waals surface area contributed by atoms with Crippen molar-refractivity contribution in [3.8, 4) is 5.75 Å². The average Bonchev–Trinajstić information content (AvgIpc) is 3.32. The Bertz CT molecular complexity index is 1180. The van der Waals surface area contributed by atoms with Crippen LogP contribution in [0.15, 0.2) is 18.2 Å². The summed E-state index contributed by atoms with van der Waals surface area (Å²) in [5.74, 6) is 0.701. The van der Waals surface area contributed by atoms with Crippen molar-refractivity contribution in [3.05, 3.63) is 51.7 Å². The number of aromatic nitrogens is 1. The van der Waals surface area contributed by atoms with Crippen LogP contribution in [-0.2, 0) is 51.1 Å². The third-order valence-electron chi connectivity index (χ3n) is 6.72. The van der Waals surface area contributed by atoms with Gasteiger partial charge in [-0.2, -0.15) is 0 Å². The zero-order valence-corrected chi connectivity index (χ0v) is 20.3. The van der Waals surface area contributed by atoms with Crippen LogP contribution in [0.5, 0.6) is 5.75 Å². The summed E-state index contributed by atoms with van der Waals surface area (Å²) in [7, 11) is 0. The van der Waals surface area contributed by atoms with Gasteiger partial charge in [0.2, 0.25) is 0 Å². The first-order valence-electron chi connectivity index (χ1n) is 11.1. The van der Waals surface area contributed by atoms with Gasteiger partial charge in [0, 0.05) is 0 Å². The zero-order valence-electron chi connectivity index (χ0n) is 18.2. The third kappa shape index (κ3) is 3.72. The SMILES string of the molecule is Nc1nc2c(c3c1COC3)C[C@H](C(=O)N1CCC[C@@H]3Oc4cc(C(F)(F)F)ccc4CI31)OC2. The normalized spacial score (nSPS) is 24.6. The van der Waals surface area contributed by atoms with Gasteiger partial charge in [-0.25, -0.2) is 0 Å². The molecular formula is C23H23F3IN3O4. The van der Waals surface area contributed by atoms with E-state index < -0.39 is 37.9 Å². The number of pyridine rings is 1. The number of halogens is 4. The quantitative estimate of drug-likeness (QED) is 0.306. The number of hydrogen-bond acceptors (Lipinski definition) is 6. The van der Waals surface area contributed by atoms with E-state index in [1.807, 2.05) is 3.11 Å². The van der Waals surface area contributed by atoms with Crippen LogP contribution in [0.2, 0.25) is 0 Å². The number of fused-ring (bicyclic) bond motifs is 5. The molecule has 1 aromatic carbocycles. The number of hydrogen-bond donors (Lipinski definition) is 1. The van der Waals surface area contributed by atoms with E-state index in [2.05, 4.69) is 4.98 Å². The van der Waals surface area contributed by atoms with Crippen LogP contribution in [0.1, 0.15) is 46.4 Å². The standard InChI is InChI=1S/C23H23F3IN3O4/c24-23(25,26)13-4-3-12-8-27-20(34-18(12)6-13)2-1-5-30(27)22(31)19-7-14-15-9-32-10-16(15)21(28)29-17(14)11-33-19/h3-4,6,19-20H,1-2,5,7-11H2,(H2,28,29)/t19-,20+/m1/s1. The van der Waals surface area contributed by atoms with E-state index in [0.717, 1.165) is 52.9 Å². The van der Waals surface area contributed by atoms with Gasteiger partial charge in [0.25, 0.3) is 0 Å². The Labute approximate surface area is 201 Å². The molecule has 0 spiro atoms. The van der Waals surface area contributed by atoms with E-state index in [9.17, 15) is 18.0 Å². The number of carbonyl (C=O) groups is 1. The van der Waals surface area contributed by atoms with Crippen LogP contribution in [0.25, 0.3) is 0 Å². The molecule has 1 saturated heterocycles. The van der Waals surface area contributed by atoms with Gasteiger partial charge in [-0.05, 0) is 0 Å². The van der Waals surface area contributed by atoms with E-state index in [1.54, 1.807) is 0 Å². The molecule has 1 fully saturated rings. The van der Waals surface area contributed by atoms with Crippen molar-refractivity contribution >= 4 is 31.8 Å². The summed E-state index contributed by atoms with van der Waals surface area (Å²) in [6, 6.07) is 3.68. The number of nitrogens with zero attached hydrogens (tertiary/aromatic N) is 2. The number of benzene rings is 1. The van der Waals surface area contributed by atoms with Gasteiger partial charge < -0.3 is 0 Å². The second kappa shape index (κ2) is 8.23. The summed E-state index contributed by atoms with van der Waals surface area (Å²) >= 11 is -2.16. The van der Waals surface area contributed by atoms with Gasteiger partial charge in [-0.1, -0.05) is 0 Å². The fraction of sp³-hybridized carbons (Fsp3) is 0.478. The summed E-state index contributed by atoms with van der Waals surface area (Å²) < 4.78 is 59.4. The van der Waals surface area contributed by atoms with Gasteiger partial charge in [-0.3, -0.25) is 0 Å². The Morgan fingerprint density at radius 1 is 1.18 bits per heavy atom. The molecule has 11 heteroatoms. The number of nitrogen functional groups attached to an aromatic ring is 1. The van der Waals surface area contributed by atoms with E-state index in [4.69, 9.17) is 19.9 Å². The van der Waals surface area contributed by atoms with Crippen LogP contribution in [0, 0.1) is 0 Å². The predicted molar refractivity (Wildman–Crippen MR) is 124 cm³/mol. The van der Waals surface area contributed by atoms with Crippen molar-refractivity contribution in [1.29, 1.82) is 0 Å². The van der Waals surface area contributed by atoms with Crippen molar-refractivity contribution in [2.75, 3.05) is 12.3 Å². The van der Waals surface area contributed by atoms with Crippen LogP contribution in [-0.4, -0.2) is 30.8 Å². The van der Waals surface area contributed by atoms with Crippen LogP contribution < -0.4 is 10.5 Å². The molecule has 0 unspecified atom stereocenters. The Balaban J connectivity index is 1.24. The molecule has 0 radical (unpaired) electrons. The van der Waals surface area contributed by atoms with Gasteiger partial charge >= 0.3 is 202 Å². The summed E-state index contributed by atoms with van der Waals surface area (Å²) in [6.45, 7) is 1.74. The maximum absolute atomic E-state index is 13.6. The molecule has 5 heterocycles. The third-order valence-corrected chi connectivity index (χ3v) is 13.3. The molecule has 4 aliphatic heterocycles. The molecule has 6 rings (SSSR count). The minimum absolute atomic E-state index is 0.0519. The fourth-order valence-electron chi connectivity index (χ4n) is 4.96. The average molecular weight is 589 g/mol. The van der Waals surface area contributed by atoms with E-state index in [-0.39, 0.29) is 16.6 Å². The predicted octanol–water partition coefficient (Wildman–Crippen LogP) is 4.12. The van der Waals surface area contributed by atoms with Crippen molar-refractivity contribution in [3.63, 3.8) is 0 Å². The van der Waals surface area contributed by atoms with Crippen molar-refractivity contribution in [2.24, 2.45) is 0 Å². The number of anilines is 1. The Kier molecular flexibility index (Phi) is 5.41. The molecule has 2 aromatic rings. The first-order valence-corrected chi connectivity index (χ1v) is 14.8. The Hall–Kier alpha value is -2.12. The Morgan fingerprint density at radius 2 is 2.00 bits per heavy atom. The maximum atomic E-state index is 13.6. The number of rotatable bonds is 1. The topological polar surface area (TPSA) is 86.9 Å². The van der Waals surface area contributed by atoms with Crippen LogP contribution >= 0.6 is 20.1 Å². The molecule has 0 bridgehead atoms. The Morgan fingerprint density at radius 3 is 2.82 bits per heavy atom. The monoisotopic (exact) mass is 589 g/mol. The van der Waals surface area contributed by atoms with Crippen molar-refractivity contribution in [2.45, 2.75) is 59.9 Å². The molecule has 2 N–H and O–H groups in total. The number of carbonyl (C=O) groups excluding carboxylic acids is 1. The molecule has 0 saturated carbocycles. The number of alkyl halides is 5. The molecular weight excluding hydrogens is 566 g/mol. The van der Waals surface area contributed by atoms with E-state index in [0.29, 0.717) is 42.2 Å². The second-order valence-electron chi connectivity index (χ2n) is 8.80. The number of amides is 1. The molecule has 7 nitrogen and oxygen atoms in total. The first kappa shape index (κ1) is 22.4. The van der Waals surface area contributed by atoms with Crippen molar-refractivity contribution in [1.82, 2.24) is 8.10 Å². The zero-order chi connectivity index (χ0) is 23.6. The number of nitrogens with two attached hydrogens (primary N) is 1. The van der Waals surface area contributed by atoms with Crippen LogP contribution in [0.3, 0.4) is 0 Å². The molecule has 182 valence electrons.